The molecule has 1 aliphatic heterocycles. The molecule has 1 fully saturated rings. The average molecular weight is 432 g/mol. The lowest BCUT2D eigenvalue weighted by molar-refractivity contribution is -0.136. The molecule has 1 atom stereocenters. The highest BCUT2D eigenvalue weighted by Gasteiger charge is 2.25. The molecule has 0 bridgehead atoms. The van der Waals surface area contributed by atoms with Crippen LogP contribution in [0.1, 0.15) is 17.2 Å². The van der Waals surface area contributed by atoms with Crippen molar-refractivity contribution in [2.24, 2.45) is 0 Å². The highest BCUT2D eigenvalue weighted by Crippen LogP contribution is 2.27. The maximum atomic E-state index is 12.5. The number of nitrogens with zero attached hydrogens (tertiary/aromatic N) is 1. The number of hydrogen-bond donors (Lipinski definition) is 2. The zero-order chi connectivity index (χ0) is 21.5. The molecule has 1 aliphatic rings. The first-order valence-corrected chi connectivity index (χ1v) is 10.2. The van der Waals surface area contributed by atoms with E-state index in [0.717, 1.165) is 18.7 Å². The van der Waals surface area contributed by atoms with E-state index in [1.54, 1.807) is 12.1 Å². The number of hydrogen-bond acceptors (Lipinski definition) is 5. The first kappa shape index (κ1) is 22.1. The van der Waals surface area contributed by atoms with Crippen LogP contribution in [0.2, 0.25) is 5.02 Å². The SMILES string of the molecule is COc1ccc(Cl)cc1NC(=O)C(=O)NC[C@@H](c1ccc(C)cc1)N1CCOCC1. The summed E-state index contributed by atoms with van der Waals surface area (Å²) in [5.74, 6) is -1.08. The molecule has 1 saturated heterocycles. The normalized spacial score (nSPS) is 15.3. The zero-order valence-corrected chi connectivity index (χ0v) is 17.9. The van der Waals surface area contributed by atoms with Crippen LogP contribution in [-0.4, -0.2) is 56.7 Å². The number of methoxy groups -OCH3 is 1. The Kier molecular flexibility index (Phi) is 7.68. The van der Waals surface area contributed by atoms with Crippen molar-refractivity contribution in [3.8, 4) is 5.75 Å². The first-order valence-electron chi connectivity index (χ1n) is 9.79. The van der Waals surface area contributed by atoms with Gasteiger partial charge in [-0.1, -0.05) is 41.4 Å². The van der Waals surface area contributed by atoms with E-state index in [1.165, 1.54) is 18.7 Å². The fraction of sp³-hybridized carbons (Fsp3) is 0.364. The van der Waals surface area contributed by atoms with Gasteiger partial charge < -0.3 is 20.1 Å². The number of morpholine rings is 1. The van der Waals surface area contributed by atoms with Gasteiger partial charge >= 0.3 is 11.8 Å². The fourth-order valence-electron chi connectivity index (χ4n) is 3.36. The minimum Gasteiger partial charge on any atom is -0.495 e. The molecule has 0 radical (unpaired) electrons. The monoisotopic (exact) mass is 431 g/mol. The minimum atomic E-state index is -0.778. The standard InChI is InChI=1S/C22H26ClN3O4/c1-15-3-5-16(6-4-15)19(26-9-11-30-12-10-26)14-24-21(27)22(28)25-18-13-17(23)7-8-20(18)29-2/h3-8,13,19H,9-12,14H2,1-2H3,(H,24,27)(H,25,28)/t19-/m0/s1. The summed E-state index contributed by atoms with van der Waals surface area (Å²) in [5.41, 5.74) is 2.59. The van der Waals surface area contributed by atoms with Crippen LogP contribution < -0.4 is 15.4 Å². The first-order chi connectivity index (χ1) is 14.5. The number of nitrogens with one attached hydrogen (secondary N) is 2. The second-order valence-electron chi connectivity index (χ2n) is 7.08. The van der Waals surface area contributed by atoms with E-state index < -0.39 is 11.8 Å². The average Bonchev–Trinajstić information content (AvgIpc) is 2.76. The molecule has 8 heteroatoms. The van der Waals surface area contributed by atoms with Crippen molar-refractivity contribution in [2.45, 2.75) is 13.0 Å². The van der Waals surface area contributed by atoms with Crippen LogP contribution in [0.15, 0.2) is 42.5 Å². The van der Waals surface area contributed by atoms with Gasteiger partial charge in [-0.25, -0.2) is 0 Å². The number of carbonyl (C=O) groups excluding carboxylic acids is 2. The van der Waals surface area contributed by atoms with Gasteiger partial charge in [0, 0.05) is 24.7 Å². The number of carbonyl (C=O) groups is 2. The molecule has 0 aromatic heterocycles. The highest BCUT2D eigenvalue weighted by molar-refractivity contribution is 6.40. The maximum absolute atomic E-state index is 12.5. The second-order valence-corrected chi connectivity index (χ2v) is 7.52. The van der Waals surface area contributed by atoms with E-state index in [-0.39, 0.29) is 6.04 Å². The van der Waals surface area contributed by atoms with Crippen LogP contribution in [0.3, 0.4) is 0 Å². The lowest BCUT2D eigenvalue weighted by Crippen LogP contribution is -2.45. The number of ether oxygens (including phenoxy) is 2. The molecular weight excluding hydrogens is 406 g/mol. The molecule has 1 heterocycles. The molecular formula is C22H26ClN3O4. The number of amides is 2. The third kappa shape index (κ3) is 5.72. The summed E-state index contributed by atoms with van der Waals surface area (Å²) in [6.07, 6.45) is 0. The van der Waals surface area contributed by atoms with Gasteiger partial charge in [-0.3, -0.25) is 14.5 Å². The Labute approximate surface area is 181 Å². The van der Waals surface area contributed by atoms with Gasteiger partial charge in [0.15, 0.2) is 0 Å². The molecule has 0 spiro atoms. The Bertz CT molecular complexity index is 882. The fourth-order valence-corrected chi connectivity index (χ4v) is 3.53. The zero-order valence-electron chi connectivity index (χ0n) is 17.1. The van der Waals surface area contributed by atoms with Gasteiger partial charge in [-0.2, -0.15) is 0 Å². The van der Waals surface area contributed by atoms with Gasteiger partial charge in [-0.15, -0.1) is 0 Å². The summed E-state index contributed by atoms with van der Waals surface area (Å²) < 4.78 is 10.7. The predicted octanol–water partition coefficient (Wildman–Crippen LogP) is 2.79. The summed E-state index contributed by atoms with van der Waals surface area (Å²) in [4.78, 5) is 27.1. The lowest BCUT2D eigenvalue weighted by atomic mass is 10.0. The van der Waals surface area contributed by atoms with E-state index in [9.17, 15) is 9.59 Å². The van der Waals surface area contributed by atoms with Gasteiger partial charge in [0.2, 0.25) is 0 Å². The number of anilines is 1. The second kappa shape index (κ2) is 10.4. The third-order valence-corrected chi connectivity index (χ3v) is 5.26. The highest BCUT2D eigenvalue weighted by atomic mass is 35.5. The number of rotatable bonds is 6. The van der Waals surface area contributed by atoms with Crippen LogP contribution in [0.4, 0.5) is 5.69 Å². The molecule has 3 rings (SSSR count). The van der Waals surface area contributed by atoms with Crippen LogP contribution in [0, 0.1) is 6.92 Å². The molecule has 0 unspecified atom stereocenters. The van der Waals surface area contributed by atoms with Crippen LogP contribution in [-0.2, 0) is 14.3 Å². The number of aryl methyl sites for hydroxylation is 1. The van der Waals surface area contributed by atoms with Crippen molar-refractivity contribution in [3.05, 3.63) is 58.6 Å². The Morgan fingerprint density at radius 3 is 2.50 bits per heavy atom. The Balaban J connectivity index is 1.67. The summed E-state index contributed by atoms with van der Waals surface area (Å²) in [7, 11) is 1.48. The number of benzene rings is 2. The Morgan fingerprint density at radius 2 is 1.83 bits per heavy atom. The minimum absolute atomic E-state index is 0.0491. The van der Waals surface area contributed by atoms with Crippen molar-refractivity contribution in [1.82, 2.24) is 10.2 Å². The van der Waals surface area contributed by atoms with E-state index in [2.05, 4.69) is 27.7 Å². The van der Waals surface area contributed by atoms with Crippen molar-refractivity contribution >= 4 is 29.1 Å². The van der Waals surface area contributed by atoms with Gasteiger partial charge in [0.05, 0.1) is 32.1 Å². The molecule has 0 saturated carbocycles. The van der Waals surface area contributed by atoms with Crippen molar-refractivity contribution in [2.75, 3.05) is 45.3 Å². The van der Waals surface area contributed by atoms with Crippen LogP contribution >= 0.6 is 11.6 Å². The van der Waals surface area contributed by atoms with Gasteiger partial charge in [-0.05, 0) is 30.7 Å². The topological polar surface area (TPSA) is 79.9 Å². The van der Waals surface area contributed by atoms with Crippen LogP contribution in [0.25, 0.3) is 0 Å². The molecule has 7 nitrogen and oxygen atoms in total. The van der Waals surface area contributed by atoms with E-state index in [1.807, 2.05) is 19.1 Å². The molecule has 0 aliphatic carbocycles. The van der Waals surface area contributed by atoms with E-state index in [0.29, 0.717) is 36.2 Å². The molecule has 2 amide bonds. The molecule has 2 N–H and O–H groups in total. The van der Waals surface area contributed by atoms with Crippen molar-refractivity contribution in [3.63, 3.8) is 0 Å². The van der Waals surface area contributed by atoms with Crippen molar-refractivity contribution in [1.29, 1.82) is 0 Å². The Morgan fingerprint density at radius 1 is 1.13 bits per heavy atom. The quantitative estimate of drug-likeness (QED) is 0.687. The molecule has 30 heavy (non-hydrogen) atoms. The summed E-state index contributed by atoms with van der Waals surface area (Å²) in [6.45, 7) is 5.16. The molecule has 2 aromatic rings. The predicted molar refractivity (Wildman–Crippen MR) is 116 cm³/mol. The lowest BCUT2D eigenvalue weighted by Gasteiger charge is -2.35. The largest absolute Gasteiger partial charge is 0.495 e. The van der Waals surface area contributed by atoms with Gasteiger partial charge in [0.1, 0.15) is 5.75 Å². The summed E-state index contributed by atoms with van der Waals surface area (Å²) in [6, 6.07) is 13.0. The van der Waals surface area contributed by atoms with E-state index >= 15 is 0 Å². The number of halogens is 1. The maximum Gasteiger partial charge on any atom is 0.313 e. The van der Waals surface area contributed by atoms with Gasteiger partial charge in [0.25, 0.3) is 0 Å². The van der Waals surface area contributed by atoms with Crippen LogP contribution in [0.5, 0.6) is 5.75 Å². The van der Waals surface area contributed by atoms with Crippen molar-refractivity contribution < 1.29 is 19.1 Å². The van der Waals surface area contributed by atoms with E-state index in [4.69, 9.17) is 21.1 Å². The molecule has 2 aromatic carbocycles. The summed E-state index contributed by atoms with van der Waals surface area (Å²) in [5, 5.41) is 5.75. The summed E-state index contributed by atoms with van der Waals surface area (Å²) >= 11 is 5.98. The third-order valence-electron chi connectivity index (χ3n) is 5.02. The Hall–Kier alpha value is -2.61. The molecule has 160 valence electrons. The smallest absolute Gasteiger partial charge is 0.313 e.